The predicted molar refractivity (Wildman–Crippen MR) is 69.1 cm³/mol. The highest BCUT2D eigenvalue weighted by molar-refractivity contribution is 7.10. The molecule has 0 aliphatic heterocycles. The summed E-state index contributed by atoms with van der Waals surface area (Å²) in [5.41, 5.74) is 11.7. The Hall–Kier alpha value is -1.36. The second-order valence-corrected chi connectivity index (χ2v) is 4.83. The van der Waals surface area contributed by atoms with Gasteiger partial charge in [0.2, 0.25) is 0 Å². The standard InChI is InChI=1S/C12H15N3S/c1-8-6-9(7-16-8)12(15-14)10-4-2-3-5-11(10)13/h2-7,12,15H,13-14H2,1H3. The largest absolute Gasteiger partial charge is 0.398 e. The fourth-order valence-corrected chi connectivity index (χ4v) is 2.48. The molecule has 16 heavy (non-hydrogen) atoms. The SMILES string of the molecule is Cc1cc(C(NN)c2ccccc2N)cs1. The molecule has 1 aromatic heterocycles. The second-order valence-electron chi connectivity index (χ2n) is 3.72. The zero-order chi connectivity index (χ0) is 11.5. The molecular weight excluding hydrogens is 218 g/mol. The van der Waals surface area contributed by atoms with Crippen molar-refractivity contribution in [3.05, 3.63) is 51.7 Å². The van der Waals surface area contributed by atoms with Crippen molar-refractivity contribution in [2.45, 2.75) is 13.0 Å². The molecule has 2 rings (SSSR count). The van der Waals surface area contributed by atoms with Gasteiger partial charge in [0.05, 0.1) is 6.04 Å². The van der Waals surface area contributed by atoms with E-state index in [0.29, 0.717) is 0 Å². The second kappa shape index (κ2) is 4.65. The molecule has 0 radical (unpaired) electrons. The normalized spacial score (nSPS) is 12.6. The van der Waals surface area contributed by atoms with Gasteiger partial charge in [-0.25, -0.2) is 5.43 Å². The van der Waals surface area contributed by atoms with E-state index in [9.17, 15) is 0 Å². The summed E-state index contributed by atoms with van der Waals surface area (Å²) in [6.45, 7) is 2.08. The molecule has 1 unspecified atom stereocenters. The molecule has 2 aromatic rings. The Morgan fingerprint density at radius 1 is 1.31 bits per heavy atom. The van der Waals surface area contributed by atoms with Gasteiger partial charge < -0.3 is 5.73 Å². The van der Waals surface area contributed by atoms with E-state index in [1.165, 1.54) is 4.88 Å². The molecule has 0 fully saturated rings. The minimum Gasteiger partial charge on any atom is -0.398 e. The summed E-state index contributed by atoms with van der Waals surface area (Å²) in [6.07, 6.45) is 0. The number of aryl methyl sites for hydroxylation is 1. The molecule has 0 bridgehead atoms. The van der Waals surface area contributed by atoms with Gasteiger partial charge in [0, 0.05) is 10.6 Å². The van der Waals surface area contributed by atoms with Gasteiger partial charge in [0.15, 0.2) is 0 Å². The maximum absolute atomic E-state index is 5.95. The van der Waals surface area contributed by atoms with Gasteiger partial charge in [-0.1, -0.05) is 18.2 Å². The third-order valence-electron chi connectivity index (χ3n) is 2.56. The number of hydrogen-bond acceptors (Lipinski definition) is 4. The van der Waals surface area contributed by atoms with Crippen molar-refractivity contribution in [3.8, 4) is 0 Å². The minimum atomic E-state index is -0.0360. The molecule has 84 valence electrons. The maximum atomic E-state index is 5.95. The molecule has 5 N–H and O–H groups in total. The lowest BCUT2D eigenvalue weighted by Crippen LogP contribution is -2.29. The summed E-state index contributed by atoms with van der Waals surface area (Å²) in [6, 6.07) is 9.86. The summed E-state index contributed by atoms with van der Waals surface area (Å²) in [5, 5.41) is 2.10. The summed E-state index contributed by atoms with van der Waals surface area (Å²) in [5.74, 6) is 5.61. The lowest BCUT2D eigenvalue weighted by molar-refractivity contribution is 0.640. The molecule has 1 atom stereocenters. The summed E-state index contributed by atoms with van der Waals surface area (Å²) in [4.78, 5) is 1.27. The van der Waals surface area contributed by atoms with Gasteiger partial charge in [-0.2, -0.15) is 0 Å². The highest BCUT2D eigenvalue weighted by Gasteiger charge is 2.15. The van der Waals surface area contributed by atoms with Crippen LogP contribution in [-0.2, 0) is 0 Å². The van der Waals surface area contributed by atoms with Crippen LogP contribution in [0.1, 0.15) is 22.0 Å². The van der Waals surface area contributed by atoms with Crippen LogP contribution in [-0.4, -0.2) is 0 Å². The number of hydrogen-bond donors (Lipinski definition) is 3. The van der Waals surface area contributed by atoms with Crippen LogP contribution in [0.5, 0.6) is 0 Å². The Morgan fingerprint density at radius 2 is 2.06 bits per heavy atom. The summed E-state index contributed by atoms with van der Waals surface area (Å²) >= 11 is 1.71. The predicted octanol–water partition coefficient (Wildman–Crippen LogP) is 2.19. The Balaban J connectivity index is 2.40. The van der Waals surface area contributed by atoms with E-state index in [-0.39, 0.29) is 6.04 Å². The van der Waals surface area contributed by atoms with Gasteiger partial charge in [-0.15, -0.1) is 11.3 Å². The highest BCUT2D eigenvalue weighted by atomic mass is 32.1. The molecule has 0 aliphatic carbocycles. The van der Waals surface area contributed by atoms with Crippen molar-refractivity contribution in [2.24, 2.45) is 5.84 Å². The molecule has 4 heteroatoms. The average molecular weight is 233 g/mol. The first kappa shape index (κ1) is 11.1. The van der Waals surface area contributed by atoms with Gasteiger partial charge >= 0.3 is 0 Å². The zero-order valence-electron chi connectivity index (χ0n) is 9.10. The molecule has 0 amide bonds. The maximum Gasteiger partial charge on any atom is 0.0738 e. The molecule has 0 saturated carbocycles. The summed E-state index contributed by atoms with van der Waals surface area (Å²) < 4.78 is 0. The Labute approximate surface area is 99.1 Å². The van der Waals surface area contributed by atoms with Crippen LogP contribution in [0.4, 0.5) is 5.69 Å². The van der Waals surface area contributed by atoms with E-state index in [2.05, 4.69) is 23.8 Å². The topological polar surface area (TPSA) is 64.1 Å². The molecule has 1 aromatic carbocycles. The molecule has 0 aliphatic rings. The van der Waals surface area contributed by atoms with E-state index < -0.39 is 0 Å². The Bertz CT molecular complexity index is 479. The van der Waals surface area contributed by atoms with E-state index in [1.807, 2.05) is 24.3 Å². The fraction of sp³-hybridized carbons (Fsp3) is 0.167. The number of benzene rings is 1. The van der Waals surface area contributed by atoms with E-state index in [0.717, 1.165) is 16.8 Å². The van der Waals surface area contributed by atoms with Crippen molar-refractivity contribution in [1.29, 1.82) is 0 Å². The zero-order valence-corrected chi connectivity index (χ0v) is 9.92. The van der Waals surface area contributed by atoms with Crippen LogP contribution in [0, 0.1) is 6.92 Å². The van der Waals surface area contributed by atoms with Gasteiger partial charge in [0.25, 0.3) is 0 Å². The first-order chi connectivity index (χ1) is 7.72. The Kier molecular flexibility index (Phi) is 3.24. The number of nitrogen functional groups attached to an aromatic ring is 1. The van der Waals surface area contributed by atoms with Crippen molar-refractivity contribution >= 4 is 17.0 Å². The smallest absolute Gasteiger partial charge is 0.0738 e. The third-order valence-corrected chi connectivity index (χ3v) is 3.44. The monoisotopic (exact) mass is 233 g/mol. The van der Waals surface area contributed by atoms with Crippen molar-refractivity contribution in [3.63, 3.8) is 0 Å². The van der Waals surface area contributed by atoms with E-state index in [1.54, 1.807) is 11.3 Å². The number of hydrazine groups is 1. The Morgan fingerprint density at radius 3 is 2.62 bits per heavy atom. The molecule has 0 saturated heterocycles. The van der Waals surface area contributed by atoms with Crippen LogP contribution in [0.2, 0.25) is 0 Å². The van der Waals surface area contributed by atoms with Crippen molar-refractivity contribution < 1.29 is 0 Å². The van der Waals surface area contributed by atoms with E-state index >= 15 is 0 Å². The quantitative estimate of drug-likeness (QED) is 0.432. The molecule has 3 nitrogen and oxygen atoms in total. The summed E-state index contributed by atoms with van der Waals surface area (Å²) in [7, 11) is 0. The van der Waals surface area contributed by atoms with Crippen LogP contribution >= 0.6 is 11.3 Å². The van der Waals surface area contributed by atoms with Crippen LogP contribution in [0.25, 0.3) is 0 Å². The average Bonchev–Trinajstić information content (AvgIpc) is 2.69. The van der Waals surface area contributed by atoms with Crippen LogP contribution in [0.3, 0.4) is 0 Å². The van der Waals surface area contributed by atoms with Gasteiger partial charge in [-0.05, 0) is 35.6 Å². The first-order valence-electron chi connectivity index (χ1n) is 5.08. The number of anilines is 1. The number of nitrogens with two attached hydrogens (primary N) is 2. The third kappa shape index (κ3) is 2.09. The first-order valence-corrected chi connectivity index (χ1v) is 5.96. The highest BCUT2D eigenvalue weighted by Crippen LogP contribution is 2.28. The van der Waals surface area contributed by atoms with Crippen molar-refractivity contribution in [2.75, 3.05) is 5.73 Å². The van der Waals surface area contributed by atoms with Crippen LogP contribution in [0.15, 0.2) is 35.7 Å². The number of nitrogens with one attached hydrogen (secondary N) is 1. The minimum absolute atomic E-state index is 0.0360. The molecule has 0 spiro atoms. The lowest BCUT2D eigenvalue weighted by Gasteiger charge is -2.17. The van der Waals surface area contributed by atoms with Crippen molar-refractivity contribution in [1.82, 2.24) is 5.43 Å². The van der Waals surface area contributed by atoms with E-state index in [4.69, 9.17) is 11.6 Å². The van der Waals surface area contributed by atoms with Gasteiger partial charge in [-0.3, -0.25) is 5.84 Å². The molecule has 1 heterocycles. The fourth-order valence-electron chi connectivity index (χ4n) is 1.75. The number of rotatable bonds is 3. The van der Waals surface area contributed by atoms with Crippen LogP contribution < -0.4 is 17.0 Å². The number of thiophene rings is 1. The molecular formula is C12H15N3S. The lowest BCUT2D eigenvalue weighted by atomic mass is 10.00. The van der Waals surface area contributed by atoms with Gasteiger partial charge in [0.1, 0.15) is 0 Å². The number of para-hydroxylation sites is 1.